The molecule has 0 aliphatic heterocycles. The van der Waals surface area contributed by atoms with Gasteiger partial charge in [0, 0.05) is 0 Å². The maximum atomic E-state index is 8.99. The molecule has 0 unspecified atom stereocenters. The minimum Gasteiger partial charge on any atom is -0.427 e. The molecule has 1 aromatic carbocycles. The minimum atomic E-state index is -2.33. The summed E-state index contributed by atoms with van der Waals surface area (Å²) in [4.78, 5) is 18.0. The highest BCUT2D eigenvalue weighted by Crippen LogP contribution is 2.33. The lowest BCUT2D eigenvalue weighted by atomic mass is 10.0. The van der Waals surface area contributed by atoms with Gasteiger partial charge in [0.15, 0.2) is 0 Å². The van der Waals surface area contributed by atoms with Crippen molar-refractivity contribution in [3.8, 4) is 5.75 Å². The SMILES string of the molecule is CCCCCCCCc1ccc(C)cc1OP(O)O. The highest BCUT2D eigenvalue weighted by atomic mass is 31.2. The number of aryl methyl sites for hydroxylation is 2. The second kappa shape index (κ2) is 9.30. The van der Waals surface area contributed by atoms with Gasteiger partial charge in [0.25, 0.3) is 0 Å². The smallest absolute Gasteiger partial charge is 0.391 e. The van der Waals surface area contributed by atoms with E-state index in [1.165, 1.54) is 32.1 Å². The van der Waals surface area contributed by atoms with Crippen molar-refractivity contribution in [2.75, 3.05) is 0 Å². The van der Waals surface area contributed by atoms with E-state index in [1.54, 1.807) is 0 Å². The van der Waals surface area contributed by atoms with Crippen LogP contribution in [0.25, 0.3) is 0 Å². The number of benzene rings is 1. The normalized spacial score (nSPS) is 11.0. The van der Waals surface area contributed by atoms with Crippen LogP contribution >= 0.6 is 8.60 Å². The lowest BCUT2D eigenvalue weighted by Gasteiger charge is -2.12. The molecular weight excluding hydrogens is 259 g/mol. The molecule has 0 aliphatic rings. The van der Waals surface area contributed by atoms with Crippen molar-refractivity contribution in [1.82, 2.24) is 0 Å². The van der Waals surface area contributed by atoms with Gasteiger partial charge in [-0.05, 0) is 37.0 Å². The summed E-state index contributed by atoms with van der Waals surface area (Å²) in [6.07, 6.45) is 8.46. The highest BCUT2D eigenvalue weighted by Gasteiger charge is 2.08. The van der Waals surface area contributed by atoms with Gasteiger partial charge in [0.05, 0.1) is 0 Å². The average Bonchev–Trinajstić information content (AvgIpc) is 2.35. The third-order valence-corrected chi connectivity index (χ3v) is 3.56. The molecule has 0 radical (unpaired) electrons. The first kappa shape index (κ1) is 16.4. The van der Waals surface area contributed by atoms with E-state index in [0.717, 1.165) is 24.0 Å². The van der Waals surface area contributed by atoms with Gasteiger partial charge >= 0.3 is 8.60 Å². The number of rotatable bonds is 9. The lowest BCUT2D eigenvalue weighted by Crippen LogP contribution is -1.94. The topological polar surface area (TPSA) is 49.7 Å². The van der Waals surface area contributed by atoms with Crippen LogP contribution in [0.4, 0.5) is 0 Å². The Balaban J connectivity index is 2.43. The molecule has 0 fully saturated rings. The molecule has 0 saturated carbocycles. The van der Waals surface area contributed by atoms with E-state index in [0.29, 0.717) is 5.75 Å². The molecule has 2 N–H and O–H groups in total. The summed E-state index contributed by atoms with van der Waals surface area (Å²) in [5, 5.41) is 0. The Morgan fingerprint density at radius 2 is 1.74 bits per heavy atom. The fourth-order valence-corrected chi connectivity index (χ4v) is 2.48. The van der Waals surface area contributed by atoms with Crippen LogP contribution in [0.5, 0.6) is 5.75 Å². The highest BCUT2D eigenvalue weighted by molar-refractivity contribution is 7.39. The molecule has 108 valence electrons. The zero-order valence-corrected chi connectivity index (χ0v) is 12.8. The molecule has 0 heterocycles. The molecule has 0 aromatic heterocycles. The maximum absolute atomic E-state index is 8.99. The van der Waals surface area contributed by atoms with Crippen molar-refractivity contribution in [1.29, 1.82) is 0 Å². The molecule has 0 saturated heterocycles. The molecule has 0 aliphatic carbocycles. The van der Waals surface area contributed by atoms with E-state index in [4.69, 9.17) is 14.3 Å². The lowest BCUT2D eigenvalue weighted by molar-refractivity contribution is 0.373. The molecule has 0 bridgehead atoms. The quantitative estimate of drug-likeness (QED) is 0.519. The third kappa shape index (κ3) is 6.91. The molecule has 3 nitrogen and oxygen atoms in total. The summed E-state index contributed by atoms with van der Waals surface area (Å²) in [5.74, 6) is 0.615. The summed E-state index contributed by atoms with van der Waals surface area (Å²) in [6.45, 7) is 4.19. The van der Waals surface area contributed by atoms with Crippen molar-refractivity contribution in [2.45, 2.75) is 58.8 Å². The first-order chi connectivity index (χ1) is 9.13. The zero-order valence-electron chi connectivity index (χ0n) is 11.9. The van der Waals surface area contributed by atoms with Crippen LogP contribution in [0.15, 0.2) is 18.2 Å². The van der Waals surface area contributed by atoms with Crippen molar-refractivity contribution >= 4 is 8.60 Å². The summed E-state index contributed by atoms with van der Waals surface area (Å²) in [7, 11) is -2.33. The number of unbranched alkanes of at least 4 members (excludes halogenated alkanes) is 5. The largest absolute Gasteiger partial charge is 0.427 e. The minimum absolute atomic E-state index is 0.615. The van der Waals surface area contributed by atoms with Gasteiger partial charge in [-0.3, -0.25) is 0 Å². The Kier molecular flexibility index (Phi) is 8.04. The molecular formula is C15H25O3P. The second-order valence-corrected chi connectivity index (χ2v) is 5.66. The van der Waals surface area contributed by atoms with Gasteiger partial charge in [-0.1, -0.05) is 51.2 Å². The second-order valence-electron chi connectivity index (χ2n) is 4.97. The third-order valence-electron chi connectivity index (χ3n) is 3.20. The molecule has 0 atom stereocenters. The van der Waals surface area contributed by atoms with E-state index in [2.05, 4.69) is 6.92 Å². The van der Waals surface area contributed by atoms with Crippen molar-refractivity contribution < 1.29 is 14.3 Å². The summed E-state index contributed by atoms with van der Waals surface area (Å²) in [5.41, 5.74) is 2.13. The predicted molar refractivity (Wildman–Crippen MR) is 80.2 cm³/mol. The Hall–Kier alpha value is -0.630. The first-order valence-corrected chi connectivity index (χ1v) is 8.25. The van der Waals surface area contributed by atoms with Gasteiger partial charge in [0.2, 0.25) is 0 Å². The van der Waals surface area contributed by atoms with Gasteiger partial charge in [-0.15, -0.1) is 0 Å². The van der Waals surface area contributed by atoms with E-state index in [1.807, 2.05) is 25.1 Å². The Morgan fingerprint density at radius 3 is 2.42 bits per heavy atom. The summed E-state index contributed by atoms with van der Waals surface area (Å²) >= 11 is 0. The van der Waals surface area contributed by atoms with Crippen LogP contribution in [0.2, 0.25) is 0 Å². The van der Waals surface area contributed by atoms with E-state index in [-0.39, 0.29) is 0 Å². The van der Waals surface area contributed by atoms with E-state index >= 15 is 0 Å². The standard InChI is InChI=1S/C15H25O3P/c1-3-4-5-6-7-8-9-14-11-10-13(2)12-15(14)18-19(16)17/h10-12,16-17H,3-9H2,1-2H3. The molecule has 0 spiro atoms. The van der Waals surface area contributed by atoms with Gasteiger partial charge in [-0.2, -0.15) is 0 Å². The van der Waals surface area contributed by atoms with Crippen molar-refractivity contribution in [3.63, 3.8) is 0 Å². The fraction of sp³-hybridized carbons (Fsp3) is 0.600. The summed E-state index contributed by atoms with van der Waals surface area (Å²) in [6, 6.07) is 5.93. The Labute approximate surface area is 117 Å². The summed E-state index contributed by atoms with van der Waals surface area (Å²) < 4.78 is 5.10. The van der Waals surface area contributed by atoms with Crippen LogP contribution in [0, 0.1) is 6.92 Å². The zero-order chi connectivity index (χ0) is 14.1. The molecule has 0 amide bonds. The molecule has 1 aromatic rings. The fourth-order valence-electron chi connectivity index (χ4n) is 2.14. The van der Waals surface area contributed by atoms with Crippen molar-refractivity contribution in [2.24, 2.45) is 0 Å². The van der Waals surface area contributed by atoms with Gasteiger partial charge in [0.1, 0.15) is 5.75 Å². The van der Waals surface area contributed by atoms with Crippen LogP contribution in [-0.2, 0) is 6.42 Å². The number of hydrogen-bond acceptors (Lipinski definition) is 3. The van der Waals surface area contributed by atoms with Gasteiger partial charge in [-0.25, -0.2) is 0 Å². The molecule has 19 heavy (non-hydrogen) atoms. The average molecular weight is 284 g/mol. The van der Waals surface area contributed by atoms with E-state index in [9.17, 15) is 0 Å². The first-order valence-electron chi connectivity index (χ1n) is 7.09. The predicted octanol–water partition coefficient (Wildman–Crippen LogP) is 4.49. The van der Waals surface area contributed by atoms with Gasteiger partial charge < -0.3 is 14.3 Å². The molecule has 4 heteroatoms. The Morgan fingerprint density at radius 1 is 1.05 bits per heavy atom. The van der Waals surface area contributed by atoms with Crippen LogP contribution in [0.1, 0.15) is 56.6 Å². The van der Waals surface area contributed by atoms with Crippen LogP contribution < -0.4 is 4.52 Å². The van der Waals surface area contributed by atoms with Crippen LogP contribution in [-0.4, -0.2) is 9.79 Å². The maximum Gasteiger partial charge on any atom is 0.391 e. The monoisotopic (exact) mass is 284 g/mol. The van der Waals surface area contributed by atoms with Crippen LogP contribution in [0.3, 0.4) is 0 Å². The van der Waals surface area contributed by atoms with E-state index < -0.39 is 8.60 Å². The molecule has 1 rings (SSSR count). The van der Waals surface area contributed by atoms with Crippen molar-refractivity contribution in [3.05, 3.63) is 29.3 Å². The Bertz CT molecular complexity index is 366. The number of hydrogen-bond donors (Lipinski definition) is 2.